The van der Waals surface area contributed by atoms with Crippen LogP contribution in [-0.4, -0.2) is 29.9 Å². The lowest BCUT2D eigenvalue weighted by molar-refractivity contribution is -0.152. The van der Waals surface area contributed by atoms with E-state index in [1.165, 1.54) is 32.1 Å². The van der Waals surface area contributed by atoms with Crippen molar-refractivity contribution in [2.45, 2.75) is 57.0 Å². The Kier molecular flexibility index (Phi) is 5.90. The second kappa shape index (κ2) is 9.07. The average molecular weight is 476 g/mol. The molecule has 4 nitrogen and oxygen atoms in total. The lowest BCUT2D eigenvalue weighted by atomic mass is 9.43. The molecule has 5 heteroatoms. The molecule has 0 spiro atoms. The van der Waals surface area contributed by atoms with E-state index in [1.807, 2.05) is 47.4 Å². The van der Waals surface area contributed by atoms with Gasteiger partial charge in [0, 0.05) is 30.8 Å². The smallest absolute Gasteiger partial charge is 0.306 e. The Hall–Kier alpha value is -2.69. The van der Waals surface area contributed by atoms with Crippen LogP contribution in [0.1, 0.15) is 56.1 Å². The number of benzene rings is 2. The number of hydrogen-bond acceptors (Lipinski definition) is 3. The van der Waals surface area contributed by atoms with Crippen LogP contribution in [0.2, 0.25) is 0 Å². The molecule has 0 N–H and O–H groups in total. The molecule has 4 saturated carbocycles. The summed E-state index contributed by atoms with van der Waals surface area (Å²) in [6, 6.07) is 16.7. The van der Waals surface area contributed by atoms with Crippen LogP contribution in [0.3, 0.4) is 0 Å². The number of nitrogens with zero attached hydrogens (tertiary/aromatic N) is 1. The summed E-state index contributed by atoms with van der Waals surface area (Å²) in [6.07, 6.45) is 7.03. The second-order valence-electron chi connectivity index (χ2n) is 11.5. The van der Waals surface area contributed by atoms with Gasteiger partial charge in [-0.25, -0.2) is 4.39 Å². The predicted octanol–water partition coefficient (Wildman–Crippen LogP) is 5.50. The molecule has 4 bridgehead atoms. The molecule has 0 aromatic heterocycles. The van der Waals surface area contributed by atoms with Crippen molar-refractivity contribution in [3.63, 3.8) is 0 Å². The van der Waals surface area contributed by atoms with Gasteiger partial charge in [-0.3, -0.25) is 9.59 Å². The maximum absolute atomic E-state index is 13.8. The zero-order chi connectivity index (χ0) is 24.0. The van der Waals surface area contributed by atoms with Crippen molar-refractivity contribution in [3.05, 3.63) is 71.5 Å². The van der Waals surface area contributed by atoms with E-state index in [0.717, 1.165) is 23.0 Å². The third kappa shape index (κ3) is 4.28. The fraction of sp³-hybridized carbons (Fsp3) is 0.533. The summed E-state index contributed by atoms with van der Waals surface area (Å²) >= 11 is 0. The van der Waals surface area contributed by atoms with Crippen molar-refractivity contribution in [2.24, 2.45) is 29.6 Å². The number of likely N-dealkylation sites (tertiary alicyclic amines) is 1. The lowest BCUT2D eigenvalue weighted by Crippen LogP contribution is -2.59. The van der Waals surface area contributed by atoms with E-state index in [0.29, 0.717) is 44.4 Å². The molecule has 35 heavy (non-hydrogen) atoms. The Labute approximate surface area is 206 Å². The standard InChI is InChI=1S/C30H34FNO3/c31-27-8-6-24(7-9-27)30(25-11-21-10-22(13-25)14-26(30)12-21)16-28(33)32-17-23(18-32)15-29(34)35-19-20-4-2-1-3-5-20/h1-9,21-23,25-26H,10-19H2. The SMILES string of the molecule is O=C(CC1CN(C(=O)CC2(c3ccc(F)cc3)C3CC4CC(C3)CC2C4)C1)OCc1ccccc1. The van der Waals surface area contributed by atoms with Gasteiger partial charge in [0.15, 0.2) is 0 Å². The van der Waals surface area contributed by atoms with Gasteiger partial charge in [-0.1, -0.05) is 42.5 Å². The molecule has 5 fully saturated rings. The number of hydrogen-bond donors (Lipinski definition) is 0. The van der Waals surface area contributed by atoms with Crippen molar-refractivity contribution in [1.82, 2.24) is 4.90 Å². The number of carbonyl (C=O) groups excluding carboxylic acids is 2. The fourth-order valence-electron chi connectivity index (χ4n) is 7.94. The van der Waals surface area contributed by atoms with Crippen LogP contribution in [0.15, 0.2) is 54.6 Å². The van der Waals surface area contributed by atoms with E-state index in [4.69, 9.17) is 4.74 Å². The molecule has 4 aliphatic carbocycles. The van der Waals surface area contributed by atoms with Gasteiger partial charge in [-0.2, -0.15) is 0 Å². The van der Waals surface area contributed by atoms with Crippen molar-refractivity contribution in [3.8, 4) is 0 Å². The maximum atomic E-state index is 13.8. The molecule has 1 amide bonds. The van der Waals surface area contributed by atoms with E-state index in [-0.39, 0.29) is 29.0 Å². The van der Waals surface area contributed by atoms with Gasteiger partial charge in [-0.15, -0.1) is 0 Å². The molecular formula is C30H34FNO3. The van der Waals surface area contributed by atoms with Crippen LogP contribution in [0.5, 0.6) is 0 Å². The zero-order valence-electron chi connectivity index (χ0n) is 20.2. The molecule has 2 aromatic rings. The quantitative estimate of drug-likeness (QED) is 0.497. The Morgan fingerprint density at radius 2 is 1.51 bits per heavy atom. The lowest BCUT2D eigenvalue weighted by Gasteiger charge is -2.62. The molecule has 184 valence electrons. The highest BCUT2D eigenvalue weighted by Crippen LogP contribution is 2.64. The maximum Gasteiger partial charge on any atom is 0.306 e. The minimum absolute atomic E-state index is 0.169. The van der Waals surface area contributed by atoms with Gasteiger partial charge in [0.1, 0.15) is 12.4 Å². The van der Waals surface area contributed by atoms with Gasteiger partial charge >= 0.3 is 5.97 Å². The monoisotopic (exact) mass is 475 g/mol. The highest BCUT2D eigenvalue weighted by Gasteiger charge is 2.58. The molecule has 5 aliphatic rings. The largest absolute Gasteiger partial charge is 0.461 e. The zero-order valence-corrected chi connectivity index (χ0v) is 20.2. The molecule has 7 rings (SSSR count). The summed E-state index contributed by atoms with van der Waals surface area (Å²) in [4.78, 5) is 27.8. The second-order valence-corrected chi connectivity index (χ2v) is 11.5. The predicted molar refractivity (Wildman–Crippen MR) is 131 cm³/mol. The first-order valence-electron chi connectivity index (χ1n) is 13.2. The fourth-order valence-corrected chi connectivity index (χ4v) is 7.94. The molecule has 0 unspecified atom stereocenters. The highest BCUT2D eigenvalue weighted by molar-refractivity contribution is 5.79. The topological polar surface area (TPSA) is 46.6 Å². The number of rotatable bonds is 7. The average Bonchev–Trinajstić information content (AvgIpc) is 2.83. The van der Waals surface area contributed by atoms with Gasteiger partial charge in [0.2, 0.25) is 5.91 Å². The third-order valence-electron chi connectivity index (χ3n) is 9.43. The number of ether oxygens (including phenoxy) is 1. The minimum atomic E-state index is -0.219. The van der Waals surface area contributed by atoms with Gasteiger partial charge in [-0.05, 0) is 79.0 Å². The number of halogens is 1. The minimum Gasteiger partial charge on any atom is -0.461 e. The summed E-state index contributed by atoms with van der Waals surface area (Å²) in [6.45, 7) is 1.54. The molecule has 1 heterocycles. The Bertz CT molecular complexity index is 1050. The molecule has 2 aromatic carbocycles. The van der Waals surface area contributed by atoms with E-state index in [9.17, 15) is 14.0 Å². The summed E-state index contributed by atoms with van der Waals surface area (Å²) in [5.41, 5.74) is 1.97. The van der Waals surface area contributed by atoms with Crippen LogP contribution in [0, 0.1) is 35.4 Å². The van der Waals surface area contributed by atoms with Crippen LogP contribution in [0.25, 0.3) is 0 Å². The molecule has 0 radical (unpaired) electrons. The molecular weight excluding hydrogens is 441 g/mol. The first kappa shape index (κ1) is 22.8. The number of amides is 1. The van der Waals surface area contributed by atoms with Crippen LogP contribution in [0.4, 0.5) is 4.39 Å². The Balaban J connectivity index is 1.09. The van der Waals surface area contributed by atoms with Gasteiger partial charge in [0.05, 0.1) is 6.42 Å². The Morgan fingerprint density at radius 3 is 2.14 bits per heavy atom. The van der Waals surface area contributed by atoms with Crippen LogP contribution in [-0.2, 0) is 26.3 Å². The van der Waals surface area contributed by atoms with E-state index >= 15 is 0 Å². The summed E-state index contributed by atoms with van der Waals surface area (Å²) in [7, 11) is 0. The van der Waals surface area contributed by atoms with E-state index < -0.39 is 0 Å². The molecule has 1 saturated heterocycles. The normalized spacial score (nSPS) is 31.3. The molecule has 1 aliphatic heterocycles. The highest BCUT2D eigenvalue weighted by atomic mass is 19.1. The van der Waals surface area contributed by atoms with Gasteiger partial charge < -0.3 is 9.64 Å². The first-order chi connectivity index (χ1) is 17.0. The van der Waals surface area contributed by atoms with Crippen molar-refractivity contribution in [1.29, 1.82) is 0 Å². The van der Waals surface area contributed by atoms with Crippen molar-refractivity contribution < 1.29 is 18.7 Å². The van der Waals surface area contributed by atoms with Crippen LogP contribution >= 0.6 is 0 Å². The van der Waals surface area contributed by atoms with Crippen LogP contribution < -0.4 is 0 Å². The summed E-state index contributed by atoms with van der Waals surface area (Å²) < 4.78 is 19.2. The van der Waals surface area contributed by atoms with Crippen molar-refractivity contribution >= 4 is 11.9 Å². The molecule has 0 atom stereocenters. The summed E-state index contributed by atoms with van der Waals surface area (Å²) in [5, 5.41) is 0. The number of esters is 1. The first-order valence-corrected chi connectivity index (χ1v) is 13.2. The summed E-state index contributed by atoms with van der Waals surface area (Å²) in [5.74, 6) is 2.57. The van der Waals surface area contributed by atoms with Gasteiger partial charge in [0.25, 0.3) is 0 Å². The van der Waals surface area contributed by atoms with E-state index in [2.05, 4.69) is 0 Å². The number of carbonyl (C=O) groups is 2. The van der Waals surface area contributed by atoms with E-state index in [1.54, 1.807) is 12.1 Å². The third-order valence-corrected chi connectivity index (χ3v) is 9.43. The Morgan fingerprint density at radius 1 is 0.886 bits per heavy atom. The van der Waals surface area contributed by atoms with Crippen molar-refractivity contribution in [2.75, 3.05) is 13.1 Å².